The molecule has 0 radical (unpaired) electrons. The Kier molecular flexibility index (Phi) is 8.24. The summed E-state index contributed by atoms with van der Waals surface area (Å²) in [5.74, 6) is -0.936. The molecule has 8 nitrogen and oxygen atoms in total. The van der Waals surface area contributed by atoms with Gasteiger partial charge in [-0.3, -0.25) is 19.7 Å². The van der Waals surface area contributed by atoms with Crippen LogP contribution in [0.15, 0.2) is 85.1 Å². The van der Waals surface area contributed by atoms with Gasteiger partial charge in [-0.05, 0) is 42.5 Å². The number of fused-ring (bicyclic) bond motifs is 1. The number of hydrogen-bond donors (Lipinski definition) is 0. The van der Waals surface area contributed by atoms with Crippen LogP contribution in [-0.4, -0.2) is 46.0 Å². The van der Waals surface area contributed by atoms with Crippen molar-refractivity contribution in [1.29, 1.82) is 0 Å². The average molecular weight is 540 g/mol. The van der Waals surface area contributed by atoms with Gasteiger partial charge < -0.3 is 14.2 Å². The number of esters is 1. The summed E-state index contributed by atoms with van der Waals surface area (Å²) in [7, 11) is 0. The maximum atomic E-state index is 13.7. The minimum Gasteiger partial charge on any atom is -0.466 e. The van der Waals surface area contributed by atoms with Crippen LogP contribution in [0, 0.1) is 16.0 Å². The fourth-order valence-corrected chi connectivity index (χ4v) is 5.67. The van der Waals surface area contributed by atoms with Gasteiger partial charge in [-0.25, -0.2) is 0 Å². The summed E-state index contributed by atoms with van der Waals surface area (Å²) >= 11 is 0. The molecule has 2 heterocycles. The maximum absolute atomic E-state index is 13.7. The van der Waals surface area contributed by atoms with E-state index < -0.39 is 0 Å². The topological polar surface area (TPSA) is 94.7 Å². The van der Waals surface area contributed by atoms with E-state index in [-0.39, 0.29) is 40.7 Å². The standard InChI is InChI=1S/C32H33N3O5/c1-2-40-32(37)25-14-9-17-33(21-25)31(36)19-27(24-12-7-4-8-13-24)29-22-34(20-23-10-5-3-6-11-23)30-16-15-26(35(38)39)18-28(29)30/h3-8,10-13,15-16,18,22,25,27H,2,9,14,17,19-21H2,1H3. The first-order valence-corrected chi connectivity index (χ1v) is 13.7. The normalized spacial score (nSPS) is 16.0. The van der Waals surface area contributed by atoms with Crippen molar-refractivity contribution in [2.75, 3.05) is 19.7 Å². The molecule has 1 aliphatic heterocycles. The van der Waals surface area contributed by atoms with Crippen molar-refractivity contribution in [3.05, 3.63) is 112 Å². The fourth-order valence-electron chi connectivity index (χ4n) is 5.67. The summed E-state index contributed by atoms with van der Waals surface area (Å²) in [6.07, 6.45) is 3.67. The van der Waals surface area contributed by atoms with Crippen LogP contribution in [0.5, 0.6) is 0 Å². The molecular weight excluding hydrogens is 506 g/mol. The van der Waals surface area contributed by atoms with Crippen molar-refractivity contribution in [2.24, 2.45) is 5.92 Å². The number of non-ortho nitro benzene ring substituents is 1. The van der Waals surface area contributed by atoms with Gasteiger partial charge in [0.25, 0.3) is 5.69 Å². The van der Waals surface area contributed by atoms with E-state index in [1.165, 1.54) is 6.07 Å². The van der Waals surface area contributed by atoms with Crippen LogP contribution in [-0.2, 0) is 20.9 Å². The molecule has 0 aliphatic carbocycles. The third kappa shape index (κ3) is 5.91. The molecule has 0 spiro atoms. The van der Waals surface area contributed by atoms with Crippen LogP contribution in [0.4, 0.5) is 5.69 Å². The zero-order valence-electron chi connectivity index (χ0n) is 22.6. The number of nitrogens with zero attached hydrogens (tertiary/aromatic N) is 3. The Bertz CT molecular complexity index is 1500. The van der Waals surface area contributed by atoms with Gasteiger partial charge in [0.2, 0.25) is 5.91 Å². The summed E-state index contributed by atoms with van der Waals surface area (Å²) in [4.78, 5) is 39.2. The number of carbonyl (C=O) groups is 2. The molecule has 0 bridgehead atoms. The number of nitro benzene ring substituents is 1. The smallest absolute Gasteiger partial charge is 0.310 e. The summed E-state index contributed by atoms with van der Waals surface area (Å²) in [5.41, 5.74) is 3.82. The van der Waals surface area contributed by atoms with E-state index in [9.17, 15) is 19.7 Å². The number of benzene rings is 3. The van der Waals surface area contributed by atoms with E-state index in [4.69, 9.17) is 4.74 Å². The molecule has 3 aromatic carbocycles. The molecule has 40 heavy (non-hydrogen) atoms. The lowest BCUT2D eigenvalue weighted by molar-refractivity contribution is -0.384. The second-order valence-corrected chi connectivity index (χ2v) is 10.3. The van der Waals surface area contributed by atoms with Crippen molar-refractivity contribution in [3.8, 4) is 0 Å². The van der Waals surface area contributed by atoms with Crippen molar-refractivity contribution < 1.29 is 19.2 Å². The number of rotatable bonds is 9. The van der Waals surface area contributed by atoms with Gasteiger partial charge in [0.15, 0.2) is 0 Å². The summed E-state index contributed by atoms with van der Waals surface area (Å²) in [5, 5.41) is 12.5. The largest absolute Gasteiger partial charge is 0.466 e. The first kappa shape index (κ1) is 27.1. The average Bonchev–Trinajstić information content (AvgIpc) is 3.34. The van der Waals surface area contributed by atoms with Crippen LogP contribution in [0.25, 0.3) is 10.9 Å². The number of ether oxygens (including phenoxy) is 1. The van der Waals surface area contributed by atoms with Gasteiger partial charge >= 0.3 is 5.97 Å². The molecule has 0 saturated carbocycles. The van der Waals surface area contributed by atoms with E-state index in [0.29, 0.717) is 32.7 Å². The zero-order chi connectivity index (χ0) is 28.1. The van der Waals surface area contributed by atoms with E-state index in [1.807, 2.05) is 66.9 Å². The molecular formula is C32H33N3O5. The van der Waals surface area contributed by atoms with Crippen molar-refractivity contribution >= 4 is 28.5 Å². The second-order valence-electron chi connectivity index (χ2n) is 10.3. The highest BCUT2D eigenvalue weighted by Crippen LogP contribution is 2.37. The van der Waals surface area contributed by atoms with Gasteiger partial charge in [0.05, 0.1) is 17.4 Å². The predicted octanol–water partition coefficient (Wildman–Crippen LogP) is 5.92. The van der Waals surface area contributed by atoms with Crippen molar-refractivity contribution in [3.63, 3.8) is 0 Å². The summed E-state index contributed by atoms with van der Waals surface area (Å²) in [6, 6.07) is 24.8. The Balaban J connectivity index is 1.53. The van der Waals surface area contributed by atoms with Gasteiger partial charge in [-0.15, -0.1) is 0 Å². The lowest BCUT2D eigenvalue weighted by atomic mass is 9.87. The molecule has 1 saturated heterocycles. The number of carbonyl (C=O) groups excluding carboxylic acids is 2. The highest BCUT2D eigenvalue weighted by Gasteiger charge is 2.32. The molecule has 5 rings (SSSR count). The molecule has 2 unspecified atom stereocenters. The predicted molar refractivity (Wildman–Crippen MR) is 153 cm³/mol. The Morgan fingerprint density at radius 2 is 1.77 bits per heavy atom. The zero-order valence-corrected chi connectivity index (χ0v) is 22.6. The van der Waals surface area contributed by atoms with E-state index >= 15 is 0 Å². The quantitative estimate of drug-likeness (QED) is 0.149. The van der Waals surface area contributed by atoms with Crippen LogP contribution in [0.3, 0.4) is 0 Å². The van der Waals surface area contributed by atoms with Crippen LogP contribution in [0.2, 0.25) is 0 Å². The third-order valence-corrected chi connectivity index (χ3v) is 7.65. The highest BCUT2D eigenvalue weighted by atomic mass is 16.6. The summed E-state index contributed by atoms with van der Waals surface area (Å²) < 4.78 is 7.32. The first-order chi connectivity index (χ1) is 19.4. The van der Waals surface area contributed by atoms with E-state index in [0.717, 1.165) is 34.0 Å². The van der Waals surface area contributed by atoms with E-state index in [2.05, 4.69) is 4.57 Å². The molecule has 1 fully saturated rings. The van der Waals surface area contributed by atoms with Crippen LogP contribution >= 0.6 is 0 Å². The summed E-state index contributed by atoms with van der Waals surface area (Å²) in [6.45, 7) is 3.64. The lowest BCUT2D eigenvalue weighted by Crippen LogP contribution is -2.43. The van der Waals surface area contributed by atoms with Crippen molar-refractivity contribution in [2.45, 2.75) is 38.6 Å². The second kappa shape index (κ2) is 12.2. The number of amides is 1. The van der Waals surface area contributed by atoms with Crippen LogP contribution in [0.1, 0.15) is 48.8 Å². The molecule has 4 aromatic rings. The number of hydrogen-bond acceptors (Lipinski definition) is 5. The lowest BCUT2D eigenvalue weighted by Gasteiger charge is -2.32. The SMILES string of the molecule is CCOC(=O)C1CCCN(C(=O)CC(c2ccccc2)c2cn(Cc3ccccc3)c3ccc([N+](=O)[O-])cc23)C1. The molecule has 2 atom stereocenters. The fraction of sp³-hybridized carbons (Fsp3) is 0.312. The minimum absolute atomic E-state index is 0.0117. The number of aromatic nitrogens is 1. The maximum Gasteiger partial charge on any atom is 0.310 e. The molecule has 206 valence electrons. The van der Waals surface area contributed by atoms with Crippen LogP contribution < -0.4 is 0 Å². The molecule has 1 aromatic heterocycles. The van der Waals surface area contributed by atoms with E-state index in [1.54, 1.807) is 24.0 Å². The highest BCUT2D eigenvalue weighted by molar-refractivity contribution is 5.88. The molecule has 0 N–H and O–H groups in total. The minimum atomic E-state index is -0.385. The Morgan fingerprint density at radius 3 is 2.48 bits per heavy atom. The van der Waals surface area contributed by atoms with Crippen molar-refractivity contribution in [1.82, 2.24) is 9.47 Å². The first-order valence-electron chi connectivity index (χ1n) is 13.7. The molecule has 1 aliphatic rings. The Hall–Kier alpha value is -4.46. The van der Waals surface area contributed by atoms with Gasteiger partial charge in [0.1, 0.15) is 0 Å². The van der Waals surface area contributed by atoms with Gasteiger partial charge in [-0.1, -0.05) is 60.7 Å². The monoisotopic (exact) mass is 539 g/mol. The number of piperidine rings is 1. The molecule has 8 heteroatoms. The molecule has 1 amide bonds. The number of nitro groups is 1. The van der Waals surface area contributed by atoms with Gasteiger partial charge in [0, 0.05) is 61.2 Å². The number of likely N-dealkylation sites (tertiary alicyclic amines) is 1. The van der Waals surface area contributed by atoms with Gasteiger partial charge in [-0.2, -0.15) is 0 Å². The Labute approximate surface area is 233 Å². The third-order valence-electron chi connectivity index (χ3n) is 7.65. The Morgan fingerprint density at radius 1 is 1.05 bits per heavy atom.